The van der Waals surface area contributed by atoms with Gasteiger partial charge in [0.15, 0.2) is 0 Å². The molecule has 0 atom stereocenters. The van der Waals surface area contributed by atoms with Gasteiger partial charge in [-0.2, -0.15) is 0 Å². The van der Waals surface area contributed by atoms with Crippen LogP contribution in [0.25, 0.3) is 11.1 Å². The van der Waals surface area contributed by atoms with E-state index in [9.17, 15) is 9.59 Å². The van der Waals surface area contributed by atoms with Gasteiger partial charge in [-0.3, -0.25) is 14.5 Å². The molecule has 0 N–H and O–H groups in total. The van der Waals surface area contributed by atoms with E-state index in [1.165, 1.54) is 7.11 Å². The van der Waals surface area contributed by atoms with Crippen molar-refractivity contribution in [3.05, 3.63) is 52.8 Å². The highest BCUT2D eigenvalue weighted by Crippen LogP contribution is 2.29. The van der Waals surface area contributed by atoms with Gasteiger partial charge in [0.2, 0.25) is 0 Å². The van der Waals surface area contributed by atoms with Crippen molar-refractivity contribution in [1.82, 2.24) is 19.9 Å². The summed E-state index contributed by atoms with van der Waals surface area (Å²) in [4.78, 5) is 38.6. The summed E-state index contributed by atoms with van der Waals surface area (Å²) in [5.41, 5.74) is 4.10. The van der Waals surface area contributed by atoms with Crippen LogP contribution in [0.5, 0.6) is 0 Å². The third-order valence-electron chi connectivity index (χ3n) is 8.15. The fourth-order valence-corrected chi connectivity index (χ4v) is 5.90. The molecule has 2 aromatic heterocycles. The number of fused-ring (bicyclic) bond motifs is 2. The molecular weight excluding hydrogens is 522 g/mol. The van der Waals surface area contributed by atoms with Crippen molar-refractivity contribution in [2.24, 2.45) is 0 Å². The molecule has 0 spiro atoms. The number of nitrogens with zero attached hydrogens (tertiary/aromatic N) is 5. The summed E-state index contributed by atoms with van der Waals surface area (Å²) in [5.74, 6) is -0.0717. The summed E-state index contributed by atoms with van der Waals surface area (Å²) in [6, 6.07) is 10.1. The Balaban J connectivity index is 1.56. The predicted octanol–water partition coefficient (Wildman–Crippen LogP) is 4.16. The third-order valence-corrected chi connectivity index (χ3v) is 8.15. The van der Waals surface area contributed by atoms with Crippen molar-refractivity contribution in [2.45, 2.75) is 58.5 Å². The quantitative estimate of drug-likeness (QED) is 0.456. The Morgan fingerprint density at radius 1 is 1.10 bits per heavy atom. The van der Waals surface area contributed by atoms with E-state index in [-0.39, 0.29) is 24.3 Å². The molecule has 10 nitrogen and oxygen atoms in total. The molecule has 0 aliphatic carbocycles. The molecule has 4 heterocycles. The van der Waals surface area contributed by atoms with Crippen LogP contribution in [0.2, 0.25) is 0 Å². The molecule has 41 heavy (non-hydrogen) atoms. The number of anilines is 1. The fourth-order valence-electron chi connectivity index (χ4n) is 5.90. The van der Waals surface area contributed by atoms with Gasteiger partial charge in [-0.05, 0) is 49.8 Å². The van der Waals surface area contributed by atoms with Crippen molar-refractivity contribution in [1.29, 1.82) is 0 Å². The van der Waals surface area contributed by atoms with E-state index in [4.69, 9.17) is 14.0 Å². The molecule has 2 aliphatic rings. The van der Waals surface area contributed by atoms with Crippen LogP contribution in [0.1, 0.15) is 66.3 Å². The Bertz CT molecular complexity index is 1370. The predicted molar refractivity (Wildman–Crippen MR) is 156 cm³/mol. The molecule has 3 aromatic rings. The van der Waals surface area contributed by atoms with Gasteiger partial charge in [0.05, 0.1) is 16.6 Å². The molecule has 220 valence electrons. The average molecular weight is 564 g/mol. The molecule has 0 bridgehead atoms. The van der Waals surface area contributed by atoms with Crippen molar-refractivity contribution in [2.75, 3.05) is 58.0 Å². The maximum Gasteiger partial charge on any atom is 0.259 e. The van der Waals surface area contributed by atoms with E-state index in [1.807, 2.05) is 60.9 Å². The van der Waals surface area contributed by atoms with E-state index in [0.29, 0.717) is 48.0 Å². The molecule has 0 radical (unpaired) electrons. The van der Waals surface area contributed by atoms with Crippen LogP contribution < -0.4 is 4.90 Å². The van der Waals surface area contributed by atoms with E-state index < -0.39 is 0 Å². The lowest BCUT2D eigenvalue weighted by atomic mass is 10.0. The summed E-state index contributed by atoms with van der Waals surface area (Å²) in [6.45, 7) is 10.5. The zero-order chi connectivity index (χ0) is 28.9. The number of carbonyl (C=O) groups is 2. The molecule has 2 amide bonds. The summed E-state index contributed by atoms with van der Waals surface area (Å²) in [7, 11) is 1.54. The number of hydrogen-bond acceptors (Lipinski definition) is 8. The second kappa shape index (κ2) is 13.1. The highest BCUT2D eigenvalue weighted by atomic mass is 16.5. The first-order valence-corrected chi connectivity index (χ1v) is 14.6. The minimum atomic E-state index is -0.0960. The van der Waals surface area contributed by atoms with Crippen LogP contribution in [0.15, 0.2) is 34.9 Å². The molecule has 10 heteroatoms. The monoisotopic (exact) mass is 563 g/mol. The summed E-state index contributed by atoms with van der Waals surface area (Å²) >= 11 is 0. The van der Waals surface area contributed by atoms with Crippen LogP contribution in [0, 0.1) is 6.92 Å². The zero-order valence-corrected chi connectivity index (χ0v) is 24.6. The van der Waals surface area contributed by atoms with Crippen LogP contribution in [-0.2, 0) is 20.8 Å². The number of aromatic nitrogens is 2. The molecule has 1 fully saturated rings. The van der Waals surface area contributed by atoms with Crippen molar-refractivity contribution < 1.29 is 23.6 Å². The maximum absolute atomic E-state index is 14.5. The van der Waals surface area contributed by atoms with Gasteiger partial charge in [-0.1, -0.05) is 37.2 Å². The van der Waals surface area contributed by atoms with Gasteiger partial charge >= 0.3 is 0 Å². The number of pyridine rings is 1. The van der Waals surface area contributed by atoms with Gasteiger partial charge in [0.25, 0.3) is 17.5 Å². The molecule has 0 saturated carbocycles. The lowest BCUT2D eigenvalue weighted by Crippen LogP contribution is -2.45. The Labute approximate surface area is 241 Å². The smallest absolute Gasteiger partial charge is 0.259 e. The van der Waals surface area contributed by atoms with Crippen LogP contribution in [-0.4, -0.2) is 90.9 Å². The topological polar surface area (TPSA) is 101 Å². The number of hydrogen-bond donors (Lipinski definition) is 0. The number of carbonyl (C=O) groups excluding carboxylic acids is 2. The van der Waals surface area contributed by atoms with Crippen LogP contribution in [0.3, 0.4) is 0 Å². The number of methoxy groups -OCH3 is 1. The number of ether oxygens (including phenoxy) is 2. The minimum absolute atomic E-state index is 0.000397. The van der Waals surface area contributed by atoms with Crippen LogP contribution >= 0.6 is 0 Å². The first kappa shape index (κ1) is 29.2. The van der Waals surface area contributed by atoms with Crippen molar-refractivity contribution in [3.8, 4) is 0 Å². The standard InChI is InChI=1S/C31H41N5O5/c1-21(2)26-18-25(29-22(3)33-41-30(29)32-26)31(38)35-15-14-34(24-10-16-40-17-11-24)12-7-13-36(28(37)20-39-4)27-9-6-5-8-23(27)19-35/h5-6,8-9,18,21,24H,7,10-17,19-20H2,1-4H3. The Kier molecular flexibility index (Phi) is 9.32. The van der Waals surface area contributed by atoms with Crippen LogP contribution in [0.4, 0.5) is 5.69 Å². The third kappa shape index (κ3) is 6.45. The van der Waals surface area contributed by atoms with E-state index in [1.54, 1.807) is 0 Å². The van der Waals surface area contributed by atoms with E-state index in [2.05, 4.69) is 15.0 Å². The van der Waals surface area contributed by atoms with Crippen molar-refractivity contribution in [3.63, 3.8) is 0 Å². The lowest BCUT2D eigenvalue weighted by Gasteiger charge is -2.36. The first-order chi connectivity index (χ1) is 19.9. The molecule has 0 unspecified atom stereocenters. The van der Waals surface area contributed by atoms with Gasteiger partial charge in [0, 0.05) is 70.5 Å². The Hall–Kier alpha value is -3.34. The largest absolute Gasteiger partial charge is 0.381 e. The Morgan fingerprint density at radius 3 is 2.63 bits per heavy atom. The SMILES string of the molecule is COCC(=O)N1CCCN(C2CCOCC2)CCN(C(=O)c2cc(C(C)C)nc3onc(C)c23)Cc2ccccc21. The minimum Gasteiger partial charge on any atom is -0.381 e. The van der Waals surface area contributed by atoms with E-state index in [0.717, 1.165) is 62.5 Å². The number of para-hydroxylation sites is 1. The summed E-state index contributed by atoms with van der Waals surface area (Å²) in [5, 5.41) is 4.78. The second-order valence-electron chi connectivity index (χ2n) is 11.3. The highest BCUT2D eigenvalue weighted by Gasteiger charge is 2.29. The second-order valence-corrected chi connectivity index (χ2v) is 11.3. The number of amides is 2. The number of rotatable bonds is 5. The lowest BCUT2D eigenvalue weighted by molar-refractivity contribution is -0.122. The fraction of sp³-hybridized carbons (Fsp3) is 0.548. The number of aryl methyl sites for hydroxylation is 1. The summed E-state index contributed by atoms with van der Waals surface area (Å²) < 4.78 is 16.4. The van der Waals surface area contributed by atoms with Gasteiger partial charge in [0.1, 0.15) is 6.61 Å². The average Bonchev–Trinajstić information content (AvgIpc) is 3.35. The molecule has 1 saturated heterocycles. The summed E-state index contributed by atoms with van der Waals surface area (Å²) in [6.07, 6.45) is 2.74. The molecule has 1 aromatic carbocycles. The van der Waals surface area contributed by atoms with Gasteiger partial charge in [-0.25, -0.2) is 4.98 Å². The van der Waals surface area contributed by atoms with Gasteiger partial charge in [-0.15, -0.1) is 0 Å². The number of benzene rings is 1. The molecule has 5 rings (SSSR count). The molecular formula is C31H41N5O5. The zero-order valence-electron chi connectivity index (χ0n) is 24.6. The maximum atomic E-state index is 14.5. The normalized spacial score (nSPS) is 18.0. The Morgan fingerprint density at radius 2 is 1.88 bits per heavy atom. The van der Waals surface area contributed by atoms with Crippen molar-refractivity contribution >= 4 is 28.6 Å². The first-order valence-electron chi connectivity index (χ1n) is 14.6. The van der Waals surface area contributed by atoms with Gasteiger partial charge < -0.3 is 23.8 Å². The van der Waals surface area contributed by atoms with E-state index >= 15 is 0 Å². The highest BCUT2D eigenvalue weighted by molar-refractivity contribution is 6.06. The molecule has 2 aliphatic heterocycles.